The van der Waals surface area contributed by atoms with E-state index in [0.717, 1.165) is 0 Å². The van der Waals surface area contributed by atoms with Crippen molar-refractivity contribution in [3.63, 3.8) is 0 Å². The molecule has 5 heteroatoms. The van der Waals surface area contributed by atoms with Crippen molar-refractivity contribution in [2.75, 3.05) is 6.54 Å². The highest BCUT2D eigenvalue weighted by Gasteiger charge is 2.14. The second-order valence-corrected chi connectivity index (χ2v) is 3.76. The number of rotatable bonds is 5. The Morgan fingerprint density at radius 2 is 1.93 bits per heavy atom. The van der Waals surface area contributed by atoms with Gasteiger partial charge in [0.05, 0.1) is 6.07 Å². The molecule has 0 aliphatic carbocycles. The molecule has 0 spiro atoms. The van der Waals surface area contributed by atoms with Crippen LogP contribution in [0, 0.1) is 17.2 Å². The van der Waals surface area contributed by atoms with Crippen molar-refractivity contribution in [3.8, 4) is 6.07 Å². The van der Waals surface area contributed by atoms with Crippen LogP contribution in [0.15, 0.2) is 0 Å². The zero-order valence-electron chi connectivity index (χ0n) is 9.33. The van der Waals surface area contributed by atoms with Gasteiger partial charge >= 0.3 is 0 Å². The van der Waals surface area contributed by atoms with Crippen LogP contribution in [-0.4, -0.2) is 24.4 Å². The number of amides is 2. The molecule has 0 bridgehead atoms. The monoisotopic (exact) mass is 211 g/mol. The molecule has 0 radical (unpaired) electrons. The molecular weight excluding hydrogens is 194 g/mol. The maximum atomic E-state index is 11.4. The van der Waals surface area contributed by atoms with Gasteiger partial charge in [-0.15, -0.1) is 0 Å². The first-order valence-corrected chi connectivity index (χ1v) is 4.91. The maximum absolute atomic E-state index is 11.4. The van der Waals surface area contributed by atoms with Crippen molar-refractivity contribution in [3.05, 3.63) is 0 Å². The average molecular weight is 211 g/mol. The van der Waals surface area contributed by atoms with Crippen LogP contribution in [0.2, 0.25) is 0 Å². The quantitative estimate of drug-likeness (QED) is 0.680. The lowest BCUT2D eigenvalue weighted by atomic mass is 10.2. The van der Waals surface area contributed by atoms with E-state index in [4.69, 9.17) is 5.26 Å². The van der Waals surface area contributed by atoms with Crippen LogP contribution in [0.4, 0.5) is 0 Å². The fraction of sp³-hybridized carbons (Fsp3) is 0.700. The molecule has 0 fully saturated rings. The Labute approximate surface area is 89.8 Å². The van der Waals surface area contributed by atoms with E-state index in [2.05, 4.69) is 10.6 Å². The van der Waals surface area contributed by atoms with Crippen LogP contribution < -0.4 is 10.6 Å². The molecule has 5 nitrogen and oxygen atoms in total. The Morgan fingerprint density at radius 3 is 2.40 bits per heavy atom. The zero-order chi connectivity index (χ0) is 11.8. The third kappa shape index (κ3) is 6.49. The summed E-state index contributed by atoms with van der Waals surface area (Å²) in [5.41, 5.74) is 0. The second-order valence-electron chi connectivity index (χ2n) is 3.76. The first kappa shape index (κ1) is 13.4. The Morgan fingerprint density at radius 1 is 1.33 bits per heavy atom. The number of nitrogens with one attached hydrogen (secondary N) is 2. The van der Waals surface area contributed by atoms with E-state index in [1.165, 1.54) is 0 Å². The third-order valence-electron chi connectivity index (χ3n) is 1.69. The molecule has 0 rings (SSSR count). The van der Waals surface area contributed by atoms with Gasteiger partial charge < -0.3 is 10.6 Å². The SMILES string of the molecule is CC(C)CNC(=O)C(C)NC(=O)CC#N. The number of carbonyl (C=O) groups excluding carboxylic acids is 2. The van der Waals surface area contributed by atoms with Crippen LogP contribution in [0.3, 0.4) is 0 Å². The van der Waals surface area contributed by atoms with E-state index in [1.54, 1.807) is 13.0 Å². The molecule has 0 saturated heterocycles. The van der Waals surface area contributed by atoms with Gasteiger partial charge in [0.15, 0.2) is 0 Å². The molecule has 0 aromatic rings. The molecule has 1 atom stereocenters. The minimum absolute atomic E-state index is 0.220. The highest BCUT2D eigenvalue weighted by atomic mass is 16.2. The van der Waals surface area contributed by atoms with Crippen molar-refractivity contribution in [2.45, 2.75) is 33.2 Å². The molecule has 2 amide bonds. The fourth-order valence-corrected chi connectivity index (χ4v) is 0.888. The Kier molecular flexibility index (Phi) is 6.11. The Bertz CT molecular complexity index is 268. The highest BCUT2D eigenvalue weighted by molar-refractivity contribution is 5.87. The predicted octanol–water partition coefficient (Wildman–Crippen LogP) is 0.177. The molecule has 0 aliphatic heterocycles. The summed E-state index contributed by atoms with van der Waals surface area (Å²) in [4.78, 5) is 22.4. The normalized spacial score (nSPS) is 11.7. The highest BCUT2D eigenvalue weighted by Crippen LogP contribution is 1.89. The van der Waals surface area contributed by atoms with E-state index < -0.39 is 11.9 Å². The number of hydrogen-bond donors (Lipinski definition) is 2. The average Bonchev–Trinajstić information content (AvgIpc) is 2.14. The van der Waals surface area contributed by atoms with Gasteiger partial charge in [-0.3, -0.25) is 9.59 Å². The molecule has 0 aromatic carbocycles. The van der Waals surface area contributed by atoms with Crippen molar-refractivity contribution in [1.29, 1.82) is 5.26 Å². The number of nitrogens with zero attached hydrogens (tertiary/aromatic N) is 1. The first-order chi connectivity index (χ1) is 6.97. The molecular formula is C10H17N3O2. The van der Waals surface area contributed by atoms with Gasteiger partial charge in [0.1, 0.15) is 12.5 Å². The second kappa shape index (κ2) is 6.82. The maximum Gasteiger partial charge on any atom is 0.242 e. The summed E-state index contributed by atoms with van der Waals surface area (Å²) < 4.78 is 0. The predicted molar refractivity (Wildman–Crippen MR) is 55.7 cm³/mol. The van der Waals surface area contributed by atoms with Crippen molar-refractivity contribution in [2.24, 2.45) is 5.92 Å². The van der Waals surface area contributed by atoms with E-state index in [-0.39, 0.29) is 12.3 Å². The molecule has 0 heterocycles. The lowest BCUT2D eigenvalue weighted by molar-refractivity contribution is -0.128. The summed E-state index contributed by atoms with van der Waals surface area (Å²) in [6.45, 7) is 6.14. The van der Waals surface area contributed by atoms with Gasteiger partial charge in [-0.25, -0.2) is 0 Å². The topological polar surface area (TPSA) is 82.0 Å². The van der Waals surface area contributed by atoms with E-state index in [0.29, 0.717) is 12.5 Å². The van der Waals surface area contributed by atoms with E-state index in [1.807, 2.05) is 13.8 Å². The number of hydrogen-bond acceptors (Lipinski definition) is 3. The summed E-state index contributed by atoms with van der Waals surface area (Å²) in [5.74, 6) is -0.282. The van der Waals surface area contributed by atoms with Crippen LogP contribution in [-0.2, 0) is 9.59 Å². The minimum atomic E-state index is -0.593. The van der Waals surface area contributed by atoms with E-state index in [9.17, 15) is 9.59 Å². The van der Waals surface area contributed by atoms with Crippen LogP contribution in [0.1, 0.15) is 27.2 Å². The van der Waals surface area contributed by atoms with Gasteiger partial charge in [0.25, 0.3) is 0 Å². The number of nitriles is 1. The van der Waals surface area contributed by atoms with Crippen molar-refractivity contribution >= 4 is 11.8 Å². The van der Waals surface area contributed by atoms with Crippen molar-refractivity contribution < 1.29 is 9.59 Å². The summed E-state index contributed by atoms with van der Waals surface area (Å²) in [6, 6.07) is 1.13. The minimum Gasteiger partial charge on any atom is -0.354 e. The molecule has 0 aliphatic rings. The lowest BCUT2D eigenvalue weighted by Crippen LogP contribution is -2.45. The van der Waals surface area contributed by atoms with Gasteiger partial charge in [0, 0.05) is 6.54 Å². The summed E-state index contributed by atoms with van der Waals surface area (Å²) in [6.07, 6.45) is -0.220. The van der Waals surface area contributed by atoms with Crippen LogP contribution in [0.25, 0.3) is 0 Å². The fourth-order valence-electron chi connectivity index (χ4n) is 0.888. The van der Waals surface area contributed by atoms with Gasteiger partial charge in [-0.1, -0.05) is 13.8 Å². The van der Waals surface area contributed by atoms with Crippen molar-refractivity contribution in [1.82, 2.24) is 10.6 Å². The van der Waals surface area contributed by atoms with E-state index >= 15 is 0 Å². The third-order valence-corrected chi connectivity index (χ3v) is 1.69. The zero-order valence-corrected chi connectivity index (χ0v) is 9.33. The summed E-state index contributed by atoms with van der Waals surface area (Å²) in [7, 11) is 0. The summed E-state index contributed by atoms with van der Waals surface area (Å²) >= 11 is 0. The van der Waals surface area contributed by atoms with Crippen LogP contribution in [0.5, 0.6) is 0 Å². The van der Waals surface area contributed by atoms with Gasteiger partial charge in [0.2, 0.25) is 11.8 Å². The first-order valence-electron chi connectivity index (χ1n) is 4.91. The lowest BCUT2D eigenvalue weighted by Gasteiger charge is -2.14. The molecule has 0 saturated carbocycles. The molecule has 84 valence electrons. The number of carbonyl (C=O) groups is 2. The molecule has 2 N–H and O–H groups in total. The smallest absolute Gasteiger partial charge is 0.242 e. The van der Waals surface area contributed by atoms with Crippen LogP contribution >= 0.6 is 0 Å². The molecule has 1 unspecified atom stereocenters. The summed E-state index contributed by atoms with van der Waals surface area (Å²) in [5, 5.41) is 13.4. The van der Waals surface area contributed by atoms with Gasteiger partial charge in [-0.2, -0.15) is 5.26 Å². The van der Waals surface area contributed by atoms with Gasteiger partial charge in [-0.05, 0) is 12.8 Å². The Hall–Kier alpha value is -1.57. The molecule has 0 aromatic heterocycles. The molecule has 15 heavy (non-hydrogen) atoms. The largest absolute Gasteiger partial charge is 0.354 e. The Balaban J connectivity index is 3.89. The standard InChI is InChI=1S/C10H17N3O2/c1-7(2)6-12-10(15)8(3)13-9(14)4-5-11/h7-8H,4,6H2,1-3H3,(H,12,15)(H,13,14).